The Kier molecular flexibility index (Phi) is 5.01. The molecule has 4 rings (SSSR count). The number of benzene rings is 2. The first-order valence-electron chi connectivity index (χ1n) is 8.99. The Hall–Kier alpha value is -3.67. The summed E-state index contributed by atoms with van der Waals surface area (Å²) < 4.78 is 7.03. The number of nitrogens with zero attached hydrogens (tertiary/aromatic N) is 3. The highest BCUT2D eigenvalue weighted by molar-refractivity contribution is 6.02. The number of rotatable bonds is 5. The van der Waals surface area contributed by atoms with Crippen LogP contribution in [0.5, 0.6) is 0 Å². The number of ether oxygens (including phenoxy) is 1. The van der Waals surface area contributed by atoms with Crippen LogP contribution in [0, 0.1) is 0 Å². The molecule has 1 aliphatic rings. The zero-order chi connectivity index (χ0) is 19.3. The molecule has 0 bridgehead atoms. The molecule has 140 valence electrons. The number of imidazole rings is 1. The van der Waals surface area contributed by atoms with Crippen LogP contribution in [0.3, 0.4) is 0 Å². The number of aromatic nitrogens is 2. The maximum atomic E-state index is 12.6. The number of hydrogen-bond donors (Lipinski definition) is 0. The van der Waals surface area contributed by atoms with E-state index in [1.54, 1.807) is 12.4 Å². The minimum absolute atomic E-state index is 0.161. The molecule has 2 amide bonds. The van der Waals surface area contributed by atoms with Gasteiger partial charge in [-0.2, -0.15) is 0 Å². The van der Waals surface area contributed by atoms with Gasteiger partial charge in [0.2, 0.25) is 0 Å². The van der Waals surface area contributed by atoms with Gasteiger partial charge in [-0.15, -0.1) is 0 Å². The third kappa shape index (κ3) is 3.86. The minimum Gasteiger partial charge on any atom is -0.446 e. The third-order valence-electron chi connectivity index (χ3n) is 4.55. The SMILES string of the molecule is O=C(/C=C/c1cn(Cc2ccccc2)cn1)N1C(=O)OC[C@@H]1c1ccccc1. The van der Waals surface area contributed by atoms with Gasteiger partial charge in [0.05, 0.1) is 12.0 Å². The topological polar surface area (TPSA) is 64.4 Å². The number of carbonyl (C=O) groups is 2. The predicted octanol–water partition coefficient (Wildman–Crippen LogP) is 3.66. The van der Waals surface area contributed by atoms with Crippen LogP contribution in [0.25, 0.3) is 6.08 Å². The van der Waals surface area contributed by atoms with Crippen molar-refractivity contribution < 1.29 is 14.3 Å². The van der Waals surface area contributed by atoms with Gasteiger partial charge in [0.25, 0.3) is 5.91 Å². The molecule has 1 aliphatic heterocycles. The van der Waals surface area contributed by atoms with Crippen LogP contribution in [-0.2, 0) is 16.1 Å². The molecule has 0 aliphatic carbocycles. The average Bonchev–Trinajstić information content (AvgIpc) is 3.34. The zero-order valence-electron chi connectivity index (χ0n) is 15.1. The van der Waals surface area contributed by atoms with Crippen LogP contribution in [0.1, 0.15) is 22.9 Å². The largest absolute Gasteiger partial charge is 0.446 e. The average molecular weight is 373 g/mol. The highest BCUT2D eigenvalue weighted by Gasteiger charge is 2.37. The summed E-state index contributed by atoms with van der Waals surface area (Å²) in [4.78, 5) is 30.1. The van der Waals surface area contributed by atoms with E-state index < -0.39 is 18.0 Å². The number of carbonyl (C=O) groups excluding carboxylic acids is 2. The van der Waals surface area contributed by atoms with Crippen LogP contribution in [-0.4, -0.2) is 33.1 Å². The van der Waals surface area contributed by atoms with Gasteiger partial charge in [0, 0.05) is 18.8 Å². The molecule has 0 N–H and O–H groups in total. The van der Waals surface area contributed by atoms with E-state index in [4.69, 9.17) is 4.74 Å². The van der Waals surface area contributed by atoms with Crippen molar-refractivity contribution >= 4 is 18.1 Å². The molecule has 6 heteroatoms. The molecule has 2 heterocycles. The summed E-state index contributed by atoms with van der Waals surface area (Å²) in [6, 6.07) is 19.0. The van der Waals surface area contributed by atoms with Crippen molar-refractivity contribution in [1.29, 1.82) is 0 Å². The van der Waals surface area contributed by atoms with Crippen LogP contribution in [0.2, 0.25) is 0 Å². The van der Waals surface area contributed by atoms with Crippen LogP contribution < -0.4 is 0 Å². The van der Waals surface area contributed by atoms with Gasteiger partial charge in [0.1, 0.15) is 12.6 Å². The van der Waals surface area contributed by atoms with Crippen LogP contribution in [0.15, 0.2) is 79.3 Å². The van der Waals surface area contributed by atoms with E-state index in [1.165, 1.54) is 6.08 Å². The smallest absolute Gasteiger partial charge is 0.417 e. The van der Waals surface area contributed by atoms with E-state index in [2.05, 4.69) is 4.98 Å². The number of amides is 2. The molecular formula is C22H19N3O3. The van der Waals surface area contributed by atoms with Gasteiger partial charge in [-0.05, 0) is 17.2 Å². The van der Waals surface area contributed by atoms with Gasteiger partial charge < -0.3 is 9.30 Å². The second kappa shape index (κ2) is 7.92. The van der Waals surface area contributed by atoms with E-state index in [0.29, 0.717) is 12.2 Å². The van der Waals surface area contributed by atoms with Crippen molar-refractivity contribution in [3.05, 3.63) is 96.1 Å². The number of hydrogen-bond acceptors (Lipinski definition) is 4. The van der Waals surface area contributed by atoms with Crippen molar-refractivity contribution in [2.75, 3.05) is 6.61 Å². The third-order valence-corrected chi connectivity index (χ3v) is 4.55. The Labute approximate surface area is 162 Å². The maximum absolute atomic E-state index is 12.6. The second-order valence-corrected chi connectivity index (χ2v) is 6.50. The minimum atomic E-state index is -0.627. The monoisotopic (exact) mass is 373 g/mol. The first-order chi connectivity index (χ1) is 13.7. The molecular weight excluding hydrogens is 354 g/mol. The summed E-state index contributed by atoms with van der Waals surface area (Å²) in [7, 11) is 0. The zero-order valence-corrected chi connectivity index (χ0v) is 15.1. The van der Waals surface area contributed by atoms with Gasteiger partial charge in [-0.25, -0.2) is 14.7 Å². The Morgan fingerprint density at radius 2 is 1.82 bits per heavy atom. The highest BCUT2D eigenvalue weighted by atomic mass is 16.6. The summed E-state index contributed by atoms with van der Waals surface area (Å²) in [5.74, 6) is -0.422. The molecule has 3 aromatic rings. The Morgan fingerprint density at radius 1 is 1.11 bits per heavy atom. The molecule has 0 spiro atoms. The van der Waals surface area contributed by atoms with E-state index in [-0.39, 0.29) is 6.61 Å². The van der Waals surface area contributed by atoms with E-state index in [9.17, 15) is 9.59 Å². The van der Waals surface area contributed by atoms with Crippen molar-refractivity contribution in [2.45, 2.75) is 12.6 Å². The van der Waals surface area contributed by atoms with Gasteiger partial charge in [0.15, 0.2) is 0 Å². The quantitative estimate of drug-likeness (QED) is 0.640. The van der Waals surface area contributed by atoms with E-state index in [0.717, 1.165) is 16.0 Å². The van der Waals surface area contributed by atoms with Crippen molar-refractivity contribution in [2.24, 2.45) is 0 Å². The Balaban J connectivity index is 1.45. The lowest BCUT2D eigenvalue weighted by molar-refractivity contribution is -0.124. The molecule has 1 saturated heterocycles. The lowest BCUT2D eigenvalue weighted by Gasteiger charge is -2.18. The molecule has 6 nitrogen and oxygen atoms in total. The lowest BCUT2D eigenvalue weighted by atomic mass is 10.1. The summed E-state index contributed by atoms with van der Waals surface area (Å²) in [6.07, 6.45) is 5.91. The summed E-state index contributed by atoms with van der Waals surface area (Å²) in [5, 5.41) is 0. The molecule has 1 atom stereocenters. The van der Waals surface area contributed by atoms with E-state index in [1.807, 2.05) is 71.4 Å². The standard InChI is InChI=1S/C22H19N3O3/c26-21(25-20(15-28-22(25)27)18-9-5-2-6-10-18)12-11-19-14-24(16-23-19)13-17-7-3-1-4-8-17/h1-12,14,16,20H,13,15H2/b12-11+/t20-/m1/s1. The van der Waals surface area contributed by atoms with Gasteiger partial charge in [-0.3, -0.25) is 4.79 Å². The molecule has 0 radical (unpaired) electrons. The predicted molar refractivity (Wildman–Crippen MR) is 104 cm³/mol. The first kappa shape index (κ1) is 17.7. The number of imide groups is 1. The van der Waals surface area contributed by atoms with Crippen molar-refractivity contribution in [1.82, 2.24) is 14.5 Å². The highest BCUT2D eigenvalue weighted by Crippen LogP contribution is 2.27. The molecule has 0 unspecified atom stereocenters. The second-order valence-electron chi connectivity index (χ2n) is 6.50. The number of cyclic esters (lactones) is 1. The first-order valence-corrected chi connectivity index (χ1v) is 8.99. The normalized spacial score (nSPS) is 16.5. The Bertz CT molecular complexity index is 996. The molecule has 0 saturated carbocycles. The fraction of sp³-hybridized carbons (Fsp3) is 0.136. The van der Waals surface area contributed by atoms with Crippen LogP contribution in [0.4, 0.5) is 4.79 Å². The Morgan fingerprint density at radius 3 is 2.57 bits per heavy atom. The maximum Gasteiger partial charge on any atom is 0.417 e. The van der Waals surface area contributed by atoms with Gasteiger partial charge in [-0.1, -0.05) is 60.7 Å². The summed E-state index contributed by atoms with van der Waals surface area (Å²) in [5.41, 5.74) is 2.67. The molecule has 28 heavy (non-hydrogen) atoms. The molecule has 1 fully saturated rings. The van der Waals surface area contributed by atoms with Crippen molar-refractivity contribution in [3.8, 4) is 0 Å². The fourth-order valence-corrected chi connectivity index (χ4v) is 3.17. The molecule has 1 aromatic heterocycles. The fourth-order valence-electron chi connectivity index (χ4n) is 3.17. The summed E-state index contributed by atoms with van der Waals surface area (Å²) in [6.45, 7) is 0.859. The van der Waals surface area contributed by atoms with Crippen molar-refractivity contribution in [3.63, 3.8) is 0 Å². The van der Waals surface area contributed by atoms with Gasteiger partial charge >= 0.3 is 6.09 Å². The van der Waals surface area contributed by atoms with Crippen LogP contribution >= 0.6 is 0 Å². The lowest BCUT2D eigenvalue weighted by Crippen LogP contribution is -2.32. The summed E-state index contributed by atoms with van der Waals surface area (Å²) >= 11 is 0. The van der Waals surface area contributed by atoms with E-state index >= 15 is 0 Å². The molecule has 2 aromatic carbocycles.